The third-order valence-corrected chi connectivity index (χ3v) is 3.36. The summed E-state index contributed by atoms with van der Waals surface area (Å²) in [4.78, 5) is 12.8. The van der Waals surface area contributed by atoms with Gasteiger partial charge < -0.3 is 4.90 Å². The average Bonchev–Trinajstić information content (AvgIpc) is 2.59. The Morgan fingerprint density at radius 2 is 2.00 bits per heavy atom. The molecule has 0 aromatic heterocycles. The van der Waals surface area contributed by atoms with Crippen LogP contribution in [-0.2, 0) is 4.79 Å². The summed E-state index contributed by atoms with van der Waals surface area (Å²) in [6.07, 6.45) is 1.90. The topological polar surface area (TPSA) is 20.3 Å². The van der Waals surface area contributed by atoms with Crippen molar-refractivity contribution in [3.8, 4) is 0 Å². The van der Waals surface area contributed by atoms with Crippen LogP contribution in [0.3, 0.4) is 0 Å². The van der Waals surface area contributed by atoms with Crippen molar-refractivity contribution in [2.45, 2.75) is 6.42 Å². The van der Waals surface area contributed by atoms with Gasteiger partial charge in [-0.2, -0.15) is 0 Å². The minimum Gasteiger partial charge on any atom is -0.307 e. The van der Waals surface area contributed by atoms with Crippen molar-refractivity contribution in [1.82, 2.24) is 0 Å². The van der Waals surface area contributed by atoms with Crippen molar-refractivity contribution < 1.29 is 13.6 Å². The van der Waals surface area contributed by atoms with Crippen molar-refractivity contribution >= 4 is 34.2 Å². The average molecular weight is 349 g/mol. The molecule has 90 valence electrons. The number of nitrogens with zero attached hydrogens (tertiary/aromatic N) is 1. The molecule has 1 aromatic carbocycles. The SMILES string of the molecule is C=CC1CC(=O)N(c2c(F)cc(I)cc2F)C1. The van der Waals surface area contributed by atoms with Crippen molar-refractivity contribution in [2.24, 2.45) is 5.92 Å². The largest absolute Gasteiger partial charge is 0.307 e. The van der Waals surface area contributed by atoms with Gasteiger partial charge in [0, 0.05) is 22.5 Å². The molecule has 1 unspecified atom stereocenters. The highest BCUT2D eigenvalue weighted by atomic mass is 127. The lowest BCUT2D eigenvalue weighted by molar-refractivity contribution is -0.117. The summed E-state index contributed by atoms with van der Waals surface area (Å²) in [7, 11) is 0. The third-order valence-electron chi connectivity index (χ3n) is 2.74. The van der Waals surface area contributed by atoms with Crippen LogP contribution in [0, 0.1) is 21.1 Å². The molecule has 1 saturated heterocycles. The number of amides is 1. The number of carbonyl (C=O) groups is 1. The number of anilines is 1. The predicted octanol–water partition coefficient (Wildman–Crippen LogP) is 3.11. The van der Waals surface area contributed by atoms with Gasteiger partial charge in [-0.3, -0.25) is 4.79 Å². The molecule has 0 spiro atoms. The maximum absolute atomic E-state index is 13.7. The lowest BCUT2D eigenvalue weighted by Crippen LogP contribution is -2.26. The second-order valence-electron chi connectivity index (χ2n) is 3.92. The lowest BCUT2D eigenvalue weighted by Gasteiger charge is -2.18. The fourth-order valence-corrected chi connectivity index (χ4v) is 2.45. The summed E-state index contributed by atoms with van der Waals surface area (Å²) < 4.78 is 27.9. The van der Waals surface area contributed by atoms with E-state index in [2.05, 4.69) is 6.58 Å². The highest BCUT2D eigenvalue weighted by Gasteiger charge is 2.32. The number of halogens is 3. The van der Waals surface area contributed by atoms with Crippen LogP contribution in [-0.4, -0.2) is 12.5 Å². The van der Waals surface area contributed by atoms with Gasteiger partial charge >= 0.3 is 0 Å². The smallest absolute Gasteiger partial charge is 0.227 e. The molecule has 1 fully saturated rings. The molecule has 1 aromatic rings. The monoisotopic (exact) mass is 349 g/mol. The van der Waals surface area contributed by atoms with Crippen LogP contribution in [0.1, 0.15) is 6.42 Å². The van der Waals surface area contributed by atoms with Gasteiger partial charge in [-0.1, -0.05) is 6.08 Å². The Balaban J connectivity index is 2.41. The van der Waals surface area contributed by atoms with Crippen LogP contribution in [0.4, 0.5) is 14.5 Å². The minimum absolute atomic E-state index is 0.0411. The molecule has 1 aliphatic rings. The first kappa shape index (κ1) is 12.5. The van der Waals surface area contributed by atoms with Crippen molar-refractivity contribution in [3.05, 3.63) is 40.0 Å². The number of hydrogen-bond acceptors (Lipinski definition) is 1. The molecule has 0 radical (unpaired) electrons. The molecular formula is C12H10F2INO. The van der Waals surface area contributed by atoms with E-state index in [1.165, 1.54) is 12.1 Å². The van der Waals surface area contributed by atoms with E-state index in [1.807, 2.05) is 22.6 Å². The van der Waals surface area contributed by atoms with E-state index >= 15 is 0 Å². The molecular weight excluding hydrogens is 339 g/mol. The van der Waals surface area contributed by atoms with Crippen LogP contribution in [0.15, 0.2) is 24.8 Å². The zero-order valence-corrected chi connectivity index (χ0v) is 11.1. The summed E-state index contributed by atoms with van der Waals surface area (Å²) in [5, 5.41) is 0. The van der Waals surface area contributed by atoms with Crippen molar-refractivity contribution in [3.63, 3.8) is 0 Å². The van der Waals surface area contributed by atoms with E-state index in [0.29, 0.717) is 3.57 Å². The van der Waals surface area contributed by atoms with Gasteiger partial charge in [0.15, 0.2) is 11.6 Å². The first-order chi connectivity index (χ1) is 8.02. The van der Waals surface area contributed by atoms with E-state index in [1.54, 1.807) is 6.08 Å². The first-order valence-corrected chi connectivity index (χ1v) is 6.18. The highest BCUT2D eigenvalue weighted by Crippen LogP contribution is 2.31. The van der Waals surface area contributed by atoms with Crippen LogP contribution in [0.2, 0.25) is 0 Å². The molecule has 2 nitrogen and oxygen atoms in total. The fraction of sp³-hybridized carbons (Fsp3) is 0.250. The van der Waals surface area contributed by atoms with E-state index in [9.17, 15) is 13.6 Å². The maximum Gasteiger partial charge on any atom is 0.227 e. The molecule has 1 heterocycles. The van der Waals surface area contributed by atoms with Gasteiger partial charge in [0.1, 0.15) is 5.69 Å². The Bertz CT molecular complexity index is 466. The van der Waals surface area contributed by atoms with Gasteiger partial charge in [0.2, 0.25) is 5.91 Å². The van der Waals surface area contributed by atoms with E-state index in [0.717, 1.165) is 4.90 Å². The van der Waals surface area contributed by atoms with Crippen molar-refractivity contribution in [2.75, 3.05) is 11.4 Å². The van der Waals surface area contributed by atoms with Gasteiger partial charge in [-0.25, -0.2) is 8.78 Å². The zero-order valence-electron chi connectivity index (χ0n) is 8.92. The second kappa shape index (κ2) is 4.72. The number of hydrogen-bond donors (Lipinski definition) is 0. The maximum atomic E-state index is 13.7. The molecule has 1 atom stereocenters. The molecule has 0 saturated carbocycles. The van der Waals surface area contributed by atoms with Crippen LogP contribution in [0.5, 0.6) is 0 Å². The van der Waals surface area contributed by atoms with E-state index in [-0.39, 0.29) is 30.5 Å². The number of carbonyl (C=O) groups excluding carboxylic acids is 1. The second-order valence-corrected chi connectivity index (χ2v) is 5.17. The lowest BCUT2D eigenvalue weighted by atomic mass is 10.1. The summed E-state index contributed by atoms with van der Waals surface area (Å²) in [6, 6.07) is 2.43. The van der Waals surface area contributed by atoms with Gasteiger partial charge in [-0.15, -0.1) is 6.58 Å². The first-order valence-electron chi connectivity index (χ1n) is 5.10. The molecule has 1 amide bonds. The molecule has 1 aliphatic heterocycles. The third kappa shape index (κ3) is 2.34. The fourth-order valence-electron chi connectivity index (χ4n) is 1.90. The Morgan fingerprint density at radius 3 is 2.47 bits per heavy atom. The van der Waals surface area contributed by atoms with Crippen LogP contribution in [0.25, 0.3) is 0 Å². The highest BCUT2D eigenvalue weighted by molar-refractivity contribution is 14.1. The number of benzene rings is 1. The predicted molar refractivity (Wildman–Crippen MR) is 69.7 cm³/mol. The Morgan fingerprint density at radius 1 is 1.41 bits per heavy atom. The van der Waals surface area contributed by atoms with Gasteiger partial charge in [0.05, 0.1) is 0 Å². The van der Waals surface area contributed by atoms with Gasteiger partial charge in [0.25, 0.3) is 0 Å². The quantitative estimate of drug-likeness (QED) is 0.594. The summed E-state index contributed by atoms with van der Waals surface area (Å²) in [5.74, 6) is -1.71. The van der Waals surface area contributed by atoms with E-state index < -0.39 is 11.6 Å². The Labute approximate surface area is 111 Å². The van der Waals surface area contributed by atoms with Crippen LogP contribution >= 0.6 is 22.6 Å². The Hall–Kier alpha value is -0.980. The molecule has 5 heteroatoms. The molecule has 0 N–H and O–H groups in total. The molecule has 2 rings (SSSR count). The van der Waals surface area contributed by atoms with E-state index in [4.69, 9.17) is 0 Å². The van der Waals surface area contributed by atoms with Crippen LogP contribution < -0.4 is 4.90 Å². The van der Waals surface area contributed by atoms with Gasteiger partial charge in [-0.05, 0) is 34.7 Å². The zero-order chi connectivity index (χ0) is 12.6. The molecule has 17 heavy (non-hydrogen) atoms. The van der Waals surface area contributed by atoms with Crippen molar-refractivity contribution in [1.29, 1.82) is 0 Å². The minimum atomic E-state index is -0.701. The Kier molecular flexibility index (Phi) is 3.46. The standard InChI is InChI=1S/C12H10F2INO/c1-2-7-3-11(17)16(6-7)12-9(13)4-8(15)5-10(12)14/h2,4-5,7H,1,3,6H2. The summed E-state index contributed by atoms with van der Waals surface area (Å²) in [5.41, 5.74) is -0.250. The molecule has 0 bridgehead atoms. The number of rotatable bonds is 2. The normalized spacial score (nSPS) is 19.8. The summed E-state index contributed by atoms with van der Waals surface area (Å²) >= 11 is 1.83. The molecule has 0 aliphatic carbocycles. The summed E-state index contributed by atoms with van der Waals surface area (Å²) in [6.45, 7) is 3.89.